The molecule has 4 rings (SSSR count). The lowest BCUT2D eigenvalue weighted by atomic mass is 10.0. The Bertz CT molecular complexity index is 1020. The van der Waals surface area contributed by atoms with E-state index in [2.05, 4.69) is 64.3 Å². The molecule has 0 amide bonds. The number of nitrogens with one attached hydrogen (secondary N) is 1. The predicted octanol–water partition coefficient (Wildman–Crippen LogP) is 6.09. The molecule has 3 aromatic rings. The van der Waals surface area contributed by atoms with Gasteiger partial charge in [-0.3, -0.25) is 0 Å². The lowest BCUT2D eigenvalue weighted by Crippen LogP contribution is -2.23. The molecule has 0 fully saturated rings. The van der Waals surface area contributed by atoms with Gasteiger partial charge in [0.1, 0.15) is 10.8 Å². The van der Waals surface area contributed by atoms with Crippen molar-refractivity contribution in [1.29, 1.82) is 0 Å². The van der Waals surface area contributed by atoms with E-state index in [1.54, 1.807) is 18.4 Å². The monoisotopic (exact) mass is 534 g/mol. The third-order valence-electron chi connectivity index (χ3n) is 5.28. The van der Waals surface area contributed by atoms with Crippen LogP contribution in [0.15, 0.2) is 42.6 Å². The van der Waals surface area contributed by atoms with Crippen LogP contribution in [-0.4, -0.2) is 31.3 Å². The van der Waals surface area contributed by atoms with Gasteiger partial charge in [0.05, 0.1) is 21.2 Å². The Labute approximate surface area is 196 Å². The number of ether oxygens (including phenoxy) is 2. The van der Waals surface area contributed by atoms with E-state index in [4.69, 9.17) is 14.5 Å². The van der Waals surface area contributed by atoms with Crippen LogP contribution >= 0.6 is 33.9 Å². The van der Waals surface area contributed by atoms with Crippen LogP contribution < -0.4 is 10.1 Å². The average molecular weight is 534 g/mol. The fourth-order valence-electron chi connectivity index (χ4n) is 3.95. The van der Waals surface area contributed by atoms with Crippen LogP contribution in [0.25, 0.3) is 21.0 Å². The third-order valence-corrected chi connectivity index (χ3v) is 7.20. The molecule has 1 heterocycles. The maximum atomic E-state index is 5.87. The minimum absolute atomic E-state index is 0.170. The number of benzene rings is 2. The highest BCUT2D eigenvalue weighted by Gasteiger charge is 2.25. The summed E-state index contributed by atoms with van der Waals surface area (Å²) in [4.78, 5) is 5.98. The standard InChI is InChI=1S/C24H27IN2O2S/c1-15(2)29-22-10-7-16(13-20(22)25)24-27-14-23(30-24)19-6-4-5-18-17(19)8-9-21(18)26-11-12-28-3/h4-7,10,13-15,21,26H,8-9,11-12H2,1-3H3/t21-/m0/s1. The quantitative estimate of drug-likeness (QED) is 0.281. The molecule has 0 spiro atoms. The summed E-state index contributed by atoms with van der Waals surface area (Å²) >= 11 is 4.10. The van der Waals surface area contributed by atoms with Crippen LogP contribution in [0.5, 0.6) is 5.75 Å². The second-order valence-corrected chi connectivity index (χ2v) is 9.95. The Balaban J connectivity index is 1.57. The highest BCUT2D eigenvalue weighted by molar-refractivity contribution is 14.1. The van der Waals surface area contributed by atoms with Gasteiger partial charge in [0.2, 0.25) is 0 Å². The van der Waals surface area contributed by atoms with E-state index in [9.17, 15) is 0 Å². The number of methoxy groups -OCH3 is 1. The zero-order valence-electron chi connectivity index (χ0n) is 17.6. The van der Waals surface area contributed by atoms with E-state index in [1.807, 2.05) is 20.0 Å². The number of hydrogen-bond donors (Lipinski definition) is 1. The largest absolute Gasteiger partial charge is 0.490 e. The fourth-order valence-corrected chi connectivity index (χ4v) is 5.56. The Morgan fingerprint density at radius 2 is 2.13 bits per heavy atom. The van der Waals surface area contributed by atoms with Gasteiger partial charge in [-0.15, -0.1) is 11.3 Å². The molecule has 0 saturated heterocycles. The molecule has 2 aromatic carbocycles. The highest BCUT2D eigenvalue weighted by atomic mass is 127. The van der Waals surface area contributed by atoms with Crippen LogP contribution in [-0.2, 0) is 11.2 Å². The Morgan fingerprint density at radius 3 is 2.90 bits per heavy atom. The predicted molar refractivity (Wildman–Crippen MR) is 132 cm³/mol. The second-order valence-electron chi connectivity index (χ2n) is 7.75. The van der Waals surface area contributed by atoms with Gasteiger partial charge in [-0.05, 0) is 84.2 Å². The summed E-state index contributed by atoms with van der Waals surface area (Å²) in [5.41, 5.74) is 5.33. The van der Waals surface area contributed by atoms with Crippen molar-refractivity contribution in [3.63, 3.8) is 0 Å². The maximum absolute atomic E-state index is 5.87. The van der Waals surface area contributed by atoms with Crippen molar-refractivity contribution in [2.45, 2.75) is 38.8 Å². The molecule has 1 aliphatic rings. The summed E-state index contributed by atoms with van der Waals surface area (Å²) in [6, 6.07) is 13.4. The SMILES string of the molecule is COCCN[C@H]1CCc2c(-c3cnc(-c4ccc(OC(C)C)c(I)c4)s3)cccc21. The molecule has 1 N–H and O–H groups in total. The fraction of sp³-hybridized carbons (Fsp3) is 0.375. The Hall–Kier alpha value is -1.48. The van der Waals surface area contributed by atoms with Gasteiger partial charge in [0, 0.05) is 31.5 Å². The van der Waals surface area contributed by atoms with Gasteiger partial charge in [0.25, 0.3) is 0 Å². The van der Waals surface area contributed by atoms with Crippen LogP contribution in [0, 0.1) is 3.57 Å². The first-order valence-electron chi connectivity index (χ1n) is 10.3. The number of hydrogen-bond acceptors (Lipinski definition) is 5. The Morgan fingerprint density at radius 1 is 1.27 bits per heavy atom. The van der Waals surface area contributed by atoms with Gasteiger partial charge in [-0.25, -0.2) is 4.98 Å². The van der Waals surface area contributed by atoms with Crippen molar-refractivity contribution in [3.05, 3.63) is 57.3 Å². The second kappa shape index (κ2) is 9.77. The summed E-state index contributed by atoms with van der Waals surface area (Å²) in [6.45, 7) is 5.72. The smallest absolute Gasteiger partial charge is 0.133 e. The van der Waals surface area contributed by atoms with Gasteiger partial charge in [0.15, 0.2) is 0 Å². The molecule has 6 heteroatoms. The molecule has 0 saturated carbocycles. The molecule has 30 heavy (non-hydrogen) atoms. The van der Waals surface area contributed by atoms with E-state index in [0.717, 1.165) is 45.9 Å². The molecule has 1 aromatic heterocycles. The van der Waals surface area contributed by atoms with E-state index >= 15 is 0 Å². The highest BCUT2D eigenvalue weighted by Crippen LogP contribution is 2.41. The van der Waals surface area contributed by atoms with Crippen molar-refractivity contribution in [2.24, 2.45) is 0 Å². The summed E-state index contributed by atoms with van der Waals surface area (Å²) in [7, 11) is 1.75. The first kappa shape index (κ1) is 21.7. The number of thiazole rings is 1. The molecular weight excluding hydrogens is 507 g/mol. The number of fused-ring (bicyclic) bond motifs is 1. The van der Waals surface area contributed by atoms with Crippen LogP contribution in [0.4, 0.5) is 0 Å². The molecule has 158 valence electrons. The van der Waals surface area contributed by atoms with E-state index < -0.39 is 0 Å². The third kappa shape index (κ3) is 4.72. The van der Waals surface area contributed by atoms with Crippen molar-refractivity contribution < 1.29 is 9.47 Å². The van der Waals surface area contributed by atoms with Crippen LogP contribution in [0.2, 0.25) is 0 Å². The summed E-state index contributed by atoms with van der Waals surface area (Å²) in [5, 5.41) is 4.67. The molecular formula is C24H27IN2O2S. The minimum atomic E-state index is 0.170. The normalized spacial score (nSPS) is 15.6. The first-order valence-corrected chi connectivity index (χ1v) is 12.2. The average Bonchev–Trinajstić information content (AvgIpc) is 3.37. The molecule has 1 atom stereocenters. The summed E-state index contributed by atoms with van der Waals surface area (Å²) in [5.74, 6) is 0.930. The van der Waals surface area contributed by atoms with E-state index in [0.29, 0.717) is 6.04 Å². The Kier molecular flexibility index (Phi) is 7.08. The molecule has 1 aliphatic carbocycles. The number of halogens is 1. The van der Waals surface area contributed by atoms with E-state index in [1.165, 1.54) is 21.6 Å². The van der Waals surface area contributed by atoms with Crippen LogP contribution in [0.1, 0.15) is 37.4 Å². The maximum Gasteiger partial charge on any atom is 0.133 e. The van der Waals surface area contributed by atoms with E-state index in [-0.39, 0.29) is 6.10 Å². The lowest BCUT2D eigenvalue weighted by Gasteiger charge is -2.14. The summed E-state index contributed by atoms with van der Waals surface area (Å²) in [6.07, 6.45) is 4.43. The molecule has 0 radical (unpaired) electrons. The number of aromatic nitrogens is 1. The lowest BCUT2D eigenvalue weighted by molar-refractivity contribution is 0.195. The van der Waals surface area contributed by atoms with Crippen molar-refractivity contribution >= 4 is 33.9 Å². The van der Waals surface area contributed by atoms with Crippen LogP contribution in [0.3, 0.4) is 0 Å². The zero-order chi connectivity index (χ0) is 21.1. The number of nitrogens with zero attached hydrogens (tertiary/aromatic N) is 1. The van der Waals surface area contributed by atoms with Crippen molar-refractivity contribution in [1.82, 2.24) is 10.3 Å². The molecule has 0 bridgehead atoms. The molecule has 0 unspecified atom stereocenters. The van der Waals surface area contributed by atoms with Gasteiger partial charge in [-0.2, -0.15) is 0 Å². The van der Waals surface area contributed by atoms with Crippen molar-refractivity contribution in [3.8, 4) is 26.8 Å². The molecule has 0 aliphatic heterocycles. The van der Waals surface area contributed by atoms with Gasteiger partial charge >= 0.3 is 0 Å². The topological polar surface area (TPSA) is 43.4 Å². The van der Waals surface area contributed by atoms with Gasteiger partial charge in [-0.1, -0.05) is 18.2 Å². The first-order chi connectivity index (χ1) is 14.6. The summed E-state index contributed by atoms with van der Waals surface area (Å²) < 4.78 is 12.2. The minimum Gasteiger partial charge on any atom is -0.490 e. The van der Waals surface area contributed by atoms with Crippen molar-refractivity contribution in [2.75, 3.05) is 20.3 Å². The zero-order valence-corrected chi connectivity index (χ0v) is 20.5. The number of rotatable bonds is 8. The molecule has 4 nitrogen and oxygen atoms in total. The van der Waals surface area contributed by atoms with Gasteiger partial charge < -0.3 is 14.8 Å².